The first-order chi connectivity index (χ1) is 16.2. The number of nitrogens with one attached hydrogen (secondary N) is 2. The number of likely N-dealkylation sites (tertiary alicyclic amines) is 1. The Morgan fingerprint density at radius 1 is 1.32 bits per heavy atom. The average molecular weight is 499 g/mol. The number of carbonyl (C=O) groups is 2. The van der Waals surface area contributed by atoms with Crippen LogP contribution in [0.2, 0.25) is 0 Å². The fourth-order valence-electron chi connectivity index (χ4n) is 3.07. The highest BCUT2D eigenvalue weighted by Crippen LogP contribution is 2.32. The van der Waals surface area contributed by atoms with Crippen molar-refractivity contribution in [3.8, 4) is 0 Å². The van der Waals surface area contributed by atoms with Gasteiger partial charge < -0.3 is 25.4 Å². The van der Waals surface area contributed by atoms with Crippen molar-refractivity contribution in [1.29, 1.82) is 0 Å². The van der Waals surface area contributed by atoms with E-state index in [-0.39, 0.29) is 17.4 Å². The number of rotatable bonds is 4. The molecule has 0 aromatic carbocycles. The molecule has 7 N–H and O–H groups in total. The van der Waals surface area contributed by atoms with E-state index in [1.165, 1.54) is 16.2 Å². The predicted molar refractivity (Wildman–Crippen MR) is 143 cm³/mol. The molecule has 1 amide bonds. The van der Waals surface area contributed by atoms with Crippen LogP contribution in [0.25, 0.3) is 4.91 Å². The first-order valence-corrected chi connectivity index (χ1v) is 12.4. The molecular formula is C24H46N6O3S. The minimum Gasteiger partial charge on any atom is -0.391 e. The van der Waals surface area contributed by atoms with Crippen molar-refractivity contribution < 1.29 is 14.7 Å². The first-order valence-electron chi connectivity index (χ1n) is 11.4. The molecule has 1 aromatic heterocycles. The summed E-state index contributed by atoms with van der Waals surface area (Å²) in [7, 11) is 1.94. The monoisotopic (exact) mass is 498 g/mol. The second-order valence-electron chi connectivity index (χ2n) is 8.52. The summed E-state index contributed by atoms with van der Waals surface area (Å²) in [5, 5.41) is 15.7. The Labute approximate surface area is 210 Å². The molecule has 196 valence electrons. The van der Waals surface area contributed by atoms with E-state index in [9.17, 15) is 9.90 Å². The molecule has 0 bridgehead atoms. The minimum absolute atomic E-state index is 0.0463. The molecule has 1 aromatic rings. The second-order valence-corrected chi connectivity index (χ2v) is 9.51. The number of hydrogen-bond acceptors (Lipinski definition) is 9. The van der Waals surface area contributed by atoms with Gasteiger partial charge in [-0.25, -0.2) is 0 Å². The van der Waals surface area contributed by atoms with E-state index in [1.807, 2.05) is 45.6 Å². The van der Waals surface area contributed by atoms with E-state index in [0.29, 0.717) is 13.0 Å². The Balaban J connectivity index is 0. The number of aliphatic hydroxyl groups is 1. The lowest BCUT2D eigenvalue weighted by Gasteiger charge is -2.22. The molecule has 1 saturated heterocycles. The topological polar surface area (TPSA) is 147 Å². The van der Waals surface area contributed by atoms with Gasteiger partial charge in [0.05, 0.1) is 22.6 Å². The molecule has 34 heavy (non-hydrogen) atoms. The Morgan fingerprint density at radius 2 is 1.94 bits per heavy atom. The number of aliphatic hydroxyl groups excluding tert-OH is 1. The van der Waals surface area contributed by atoms with Crippen molar-refractivity contribution in [3.05, 3.63) is 35.3 Å². The number of aromatic nitrogens is 1. The lowest BCUT2D eigenvalue weighted by molar-refractivity contribution is -0.132. The van der Waals surface area contributed by atoms with Crippen LogP contribution in [0.4, 0.5) is 0 Å². The van der Waals surface area contributed by atoms with Crippen LogP contribution in [0, 0.1) is 5.41 Å². The summed E-state index contributed by atoms with van der Waals surface area (Å²) in [5.74, 6) is 9.13. The van der Waals surface area contributed by atoms with E-state index in [1.54, 1.807) is 4.90 Å². The van der Waals surface area contributed by atoms with Gasteiger partial charge in [-0.15, -0.1) is 11.8 Å². The van der Waals surface area contributed by atoms with E-state index < -0.39 is 0 Å². The summed E-state index contributed by atoms with van der Waals surface area (Å²) in [5.41, 5.74) is 3.57. The molecule has 2 aliphatic heterocycles. The fourth-order valence-corrected chi connectivity index (χ4v) is 4.06. The third-order valence-electron chi connectivity index (χ3n) is 4.53. The molecule has 1 unspecified atom stereocenters. The fraction of sp³-hybridized carbons (Fsp3) is 0.625. The molecule has 1 fully saturated rings. The SMILES string of the molecule is C=O.CC.CC(C)(C)CC(=O)N1CCC(O)C1.CNCc1ccc(C2=C(C)NCS2)nc1.NN. The van der Waals surface area contributed by atoms with Gasteiger partial charge in [-0.05, 0) is 37.4 Å². The standard InChI is InChI=1S/C11H15N3S.C10H19NO2.C2H6.CH2O.H4N2/c1-8-11(15-7-14-8)10-4-3-9(5-12-2)6-13-10;1-10(2,3)6-9(13)11-5-4-8(12)7-11;3*1-2/h3-4,6,12,14H,5,7H2,1-2H3;8,12H,4-7H2,1-3H3;1-2H3;1H2;1-2H2. The number of thioether (sulfide) groups is 1. The van der Waals surface area contributed by atoms with Crippen LogP contribution in [0.1, 0.15) is 65.6 Å². The van der Waals surface area contributed by atoms with Crippen LogP contribution in [-0.2, 0) is 16.1 Å². The zero-order valence-electron chi connectivity index (χ0n) is 22.0. The van der Waals surface area contributed by atoms with Gasteiger partial charge in [0, 0.05) is 37.9 Å². The van der Waals surface area contributed by atoms with Crippen molar-refractivity contribution in [1.82, 2.24) is 20.5 Å². The van der Waals surface area contributed by atoms with Crippen molar-refractivity contribution in [3.63, 3.8) is 0 Å². The molecule has 3 rings (SSSR count). The number of nitrogens with two attached hydrogens (primary N) is 2. The van der Waals surface area contributed by atoms with Gasteiger partial charge in [0.2, 0.25) is 5.91 Å². The van der Waals surface area contributed by atoms with E-state index in [2.05, 4.69) is 67.1 Å². The molecule has 0 spiro atoms. The van der Waals surface area contributed by atoms with Gasteiger partial charge in [-0.3, -0.25) is 21.5 Å². The normalized spacial score (nSPS) is 16.4. The van der Waals surface area contributed by atoms with Gasteiger partial charge in [-0.2, -0.15) is 0 Å². The average Bonchev–Trinajstić information content (AvgIpc) is 3.46. The second kappa shape index (κ2) is 19.3. The smallest absolute Gasteiger partial charge is 0.223 e. The van der Waals surface area contributed by atoms with Crippen LogP contribution in [0.3, 0.4) is 0 Å². The maximum atomic E-state index is 11.6. The van der Waals surface area contributed by atoms with Gasteiger partial charge in [0.25, 0.3) is 0 Å². The number of carbonyl (C=O) groups excluding carboxylic acids is 2. The summed E-state index contributed by atoms with van der Waals surface area (Å²) in [4.78, 5) is 27.1. The maximum Gasteiger partial charge on any atom is 0.223 e. The van der Waals surface area contributed by atoms with Crippen molar-refractivity contribution in [2.75, 3.05) is 26.0 Å². The van der Waals surface area contributed by atoms with Gasteiger partial charge >= 0.3 is 0 Å². The molecule has 2 aliphatic rings. The quantitative estimate of drug-likeness (QED) is 0.312. The van der Waals surface area contributed by atoms with E-state index in [4.69, 9.17) is 4.79 Å². The zero-order chi connectivity index (χ0) is 26.7. The number of allylic oxidation sites excluding steroid dienone is 1. The minimum atomic E-state index is -0.302. The molecule has 0 aliphatic carbocycles. The Kier molecular flexibility index (Phi) is 19.4. The molecule has 10 heteroatoms. The largest absolute Gasteiger partial charge is 0.391 e. The number of pyridine rings is 1. The lowest BCUT2D eigenvalue weighted by atomic mass is 9.92. The highest BCUT2D eigenvalue weighted by atomic mass is 32.2. The highest BCUT2D eigenvalue weighted by Gasteiger charge is 2.27. The zero-order valence-corrected chi connectivity index (χ0v) is 22.8. The summed E-state index contributed by atoms with van der Waals surface area (Å²) in [6.07, 6.45) is 2.93. The van der Waals surface area contributed by atoms with E-state index >= 15 is 0 Å². The highest BCUT2D eigenvalue weighted by molar-refractivity contribution is 8.08. The van der Waals surface area contributed by atoms with Gasteiger partial charge in [0.15, 0.2) is 0 Å². The maximum absolute atomic E-state index is 11.6. The molecular weight excluding hydrogens is 452 g/mol. The molecule has 1 atom stereocenters. The van der Waals surface area contributed by atoms with Crippen molar-refractivity contribution in [2.24, 2.45) is 17.1 Å². The predicted octanol–water partition coefficient (Wildman–Crippen LogP) is 2.46. The Bertz CT molecular complexity index is 708. The van der Waals surface area contributed by atoms with Crippen LogP contribution in [-0.4, -0.2) is 59.8 Å². The number of hydrogen-bond donors (Lipinski definition) is 5. The van der Waals surface area contributed by atoms with Crippen LogP contribution < -0.4 is 22.3 Å². The third-order valence-corrected chi connectivity index (χ3v) is 5.62. The number of hydrazine groups is 1. The molecule has 0 radical (unpaired) electrons. The first kappa shape index (κ1) is 34.2. The molecule has 3 heterocycles. The Hall–Kier alpha value is -1.98. The van der Waals surface area contributed by atoms with Crippen LogP contribution in [0.15, 0.2) is 24.0 Å². The summed E-state index contributed by atoms with van der Waals surface area (Å²) < 4.78 is 0. The summed E-state index contributed by atoms with van der Waals surface area (Å²) in [6, 6.07) is 4.21. The van der Waals surface area contributed by atoms with Gasteiger partial charge in [-0.1, -0.05) is 40.7 Å². The number of nitrogens with zero attached hydrogens (tertiary/aromatic N) is 2. The Morgan fingerprint density at radius 3 is 2.32 bits per heavy atom. The van der Waals surface area contributed by atoms with Crippen LogP contribution >= 0.6 is 11.8 Å². The van der Waals surface area contributed by atoms with E-state index in [0.717, 1.165) is 31.1 Å². The summed E-state index contributed by atoms with van der Waals surface area (Å²) >= 11 is 1.81. The molecule has 0 saturated carbocycles. The van der Waals surface area contributed by atoms with Crippen molar-refractivity contribution in [2.45, 2.75) is 67.0 Å². The third kappa shape index (κ3) is 13.7. The van der Waals surface area contributed by atoms with Crippen LogP contribution in [0.5, 0.6) is 0 Å². The lowest BCUT2D eigenvalue weighted by Crippen LogP contribution is -2.32. The van der Waals surface area contributed by atoms with Crippen molar-refractivity contribution >= 4 is 29.4 Å². The number of β-amino-alcohol motifs (C(OH)–C–C–N with tert-alkyl or cyclic N) is 1. The molecule has 9 nitrogen and oxygen atoms in total. The van der Waals surface area contributed by atoms with Gasteiger partial charge in [0.1, 0.15) is 6.79 Å². The summed E-state index contributed by atoms with van der Waals surface area (Å²) in [6.45, 7) is 16.4. The number of amides is 1.